The Morgan fingerprint density at radius 2 is 1.80 bits per heavy atom. The van der Waals surface area contributed by atoms with Gasteiger partial charge in [0.05, 0.1) is 41.1 Å². The molecule has 4 heterocycles. The predicted octanol–water partition coefficient (Wildman–Crippen LogP) is 3.59. The number of benzene rings is 2. The number of para-hydroxylation sites is 1. The van der Waals surface area contributed by atoms with E-state index in [4.69, 9.17) is 15.6 Å². The van der Waals surface area contributed by atoms with Gasteiger partial charge in [-0.2, -0.15) is 5.10 Å². The summed E-state index contributed by atoms with van der Waals surface area (Å²) in [5.41, 5.74) is 10.0. The van der Waals surface area contributed by atoms with Gasteiger partial charge >= 0.3 is 5.69 Å². The summed E-state index contributed by atoms with van der Waals surface area (Å²) in [4.78, 5) is 42.7. The number of piperidine rings is 2. The van der Waals surface area contributed by atoms with Gasteiger partial charge in [-0.25, -0.2) is 4.79 Å². The van der Waals surface area contributed by atoms with Crippen molar-refractivity contribution < 1.29 is 14.3 Å². The highest BCUT2D eigenvalue weighted by molar-refractivity contribution is 6.00. The van der Waals surface area contributed by atoms with E-state index in [1.807, 2.05) is 24.3 Å². The van der Waals surface area contributed by atoms with Crippen molar-refractivity contribution in [3.05, 3.63) is 47.0 Å². The maximum absolute atomic E-state index is 13.4. The van der Waals surface area contributed by atoms with Crippen molar-refractivity contribution in [2.75, 3.05) is 44.4 Å². The second kappa shape index (κ2) is 12.1. The number of nitrogens with one attached hydrogen (secondary N) is 1. The van der Waals surface area contributed by atoms with E-state index in [1.165, 1.54) is 12.8 Å². The van der Waals surface area contributed by atoms with Crippen LogP contribution in [0.3, 0.4) is 0 Å². The van der Waals surface area contributed by atoms with Crippen LogP contribution in [0.1, 0.15) is 63.5 Å². The Hall–Kier alpha value is -4.32. The van der Waals surface area contributed by atoms with Gasteiger partial charge in [0, 0.05) is 56.8 Å². The molecule has 244 valence electrons. The van der Waals surface area contributed by atoms with Gasteiger partial charge in [-0.15, -0.1) is 0 Å². The Bertz CT molecular complexity index is 1840. The average molecular weight is 629 g/mol. The van der Waals surface area contributed by atoms with E-state index in [2.05, 4.69) is 39.1 Å². The lowest BCUT2D eigenvalue weighted by Crippen LogP contribution is -2.45. The summed E-state index contributed by atoms with van der Waals surface area (Å²) >= 11 is 0. The highest BCUT2D eigenvalue weighted by Gasteiger charge is 2.33. The maximum Gasteiger partial charge on any atom is 0.329 e. The minimum atomic E-state index is -0.679. The van der Waals surface area contributed by atoms with E-state index in [-0.39, 0.29) is 18.0 Å². The molecule has 1 atom stereocenters. The van der Waals surface area contributed by atoms with Crippen molar-refractivity contribution in [3.8, 4) is 5.75 Å². The van der Waals surface area contributed by atoms with Crippen molar-refractivity contribution in [3.63, 3.8) is 0 Å². The number of imide groups is 1. The van der Waals surface area contributed by atoms with E-state index in [0.29, 0.717) is 35.9 Å². The summed E-state index contributed by atoms with van der Waals surface area (Å²) in [5, 5.41) is 8.30. The molecule has 0 bridgehead atoms. The number of nitrogen functional groups attached to an aromatic ring is 1. The number of fused-ring (bicyclic) bond motifs is 2. The zero-order chi connectivity index (χ0) is 32.1. The first-order valence-corrected chi connectivity index (χ1v) is 16.5. The molecule has 3 aliphatic rings. The molecule has 4 aromatic rings. The largest absolute Gasteiger partial charge is 0.495 e. The summed E-state index contributed by atoms with van der Waals surface area (Å²) in [7, 11) is 5.68. The number of hydrogen-bond acceptors (Lipinski definition) is 8. The van der Waals surface area contributed by atoms with E-state index < -0.39 is 11.9 Å². The second-order valence-corrected chi connectivity index (χ2v) is 13.4. The molecule has 46 heavy (non-hydrogen) atoms. The fraction of sp³-hybridized carbons (Fsp3) is 0.529. The van der Waals surface area contributed by atoms with Crippen LogP contribution < -0.4 is 26.4 Å². The maximum atomic E-state index is 13.4. The monoisotopic (exact) mass is 628 g/mol. The molecule has 0 radical (unpaired) electrons. The fourth-order valence-electron chi connectivity index (χ4n) is 8.05. The standard InChI is InChI=1S/C34H44N8O4/c1-38(19-21-7-9-24(10-8-21)41-20-22-17-25(35)30(46-3)18-26(22)37-41)23-13-15-40(16-14-23)27-5-4-6-28-32(27)39(2)34(45)42(28)29-11-12-31(43)36-33(29)44/h4-6,17-18,20-21,23-24,29H,7-16,19,35H2,1-3H3,(H,36,43,44)/t21-,24-,29?. The van der Waals surface area contributed by atoms with Crippen molar-refractivity contribution in [2.24, 2.45) is 13.0 Å². The minimum Gasteiger partial charge on any atom is -0.495 e. The summed E-state index contributed by atoms with van der Waals surface area (Å²) < 4.78 is 10.7. The third-order valence-corrected chi connectivity index (χ3v) is 10.6. The molecule has 2 saturated heterocycles. The van der Waals surface area contributed by atoms with Crippen LogP contribution in [0.4, 0.5) is 11.4 Å². The normalized spacial score (nSPS) is 23.0. The Morgan fingerprint density at radius 3 is 2.52 bits per heavy atom. The highest BCUT2D eigenvalue weighted by atomic mass is 16.5. The van der Waals surface area contributed by atoms with Gasteiger partial charge in [0.25, 0.3) is 0 Å². The van der Waals surface area contributed by atoms with Gasteiger partial charge in [-0.05, 0) is 76.1 Å². The average Bonchev–Trinajstić information content (AvgIpc) is 3.58. The molecule has 2 aliphatic heterocycles. The second-order valence-electron chi connectivity index (χ2n) is 13.4. The zero-order valence-corrected chi connectivity index (χ0v) is 26.9. The number of hydrogen-bond donors (Lipinski definition) is 2. The van der Waals surface area contributed by atoms with E-state index in [1.54, 1.807) is 23.3 Å². The first kappa shape index (κ1) is 30.3. The molecule has 0 spiro atoms. The Labute approximate surface area is 268 Å². The number of aromatic nitrogens is 4. The molecule has 3 fully saturated rings. The number of ether oxygens (including phenoxy) is 1. The van der Waals surface area contributed by atoms with Crippen LogP contribution in [0.15, 0.2) is 41.3 Å². The SMILES string of the molecule is COc1cc2nn([C@H]3CC[C@H](CN(C)C4CCN(c5cccc6c5n(C)c(=O)n6C5CCC(=O)NC5=O)CC4)CC3)cc2cc1N. The lowest BCUT2D eigenvalue weighted by atomic mass is 9.85. The Balaban J connectivity index is 0.964. The van der Waals surface area contributed by atoms with Crippen molar-refractivity contribution >= 4 is 45.1 Å². The van der Waals surface area contributed by atoms with E-state index >= 15 is 0 Å². The number of methoxy groups -OCH3 is 1. The van der Waals surface area contributed by atoms with Gasteiger partial charge in [0.2, 0.25) is 11.8 Å². The third-order valence-electron chi connectivity index (χ3n) is 10.6. The molecule has 7 rings (SSSR count). The van der Waals surface area contributed by atoms with Crippen LogP contribution in [0, 0.1) is 5.92 Å². The molecular formula is C34H44N8O4. The van der Waals surface area contributed by atoms with Crippen LogP contribution in [0.2, 0.25) is 0 Å². The van der Waals surface area contributed by atoms with Gasteiger partial charge in [0.15, 0.2) is 0 Å². The molecule has 1 aliphatic carbocycles. The Kier molecular flexibility index (Phi) is 8.00. The summed E-state index contributed by atoms with van der Waals surface area (Å²) in [6.45, 7) is 2.91. The molecule has 2 amide bonds. The summed E-state index contributed by atoms with van der Waals surface area (Å²) in [5.74, 6) is 0.652. The fourth-order valence-corrected chi connectivity index (χ4v) is 8.05. The molecular weight excluding hydrogens is 584 g/mol. The number of nitrogens with zero attached hydrogens (tertiary/aromatic N) is 6. The van der Waals surface area contributed by atoms with Gasteiger partial charge < -0.3 is 20.3 Å². The lowest BCUT2D eigenvalue weighted by molar-refractivity contribution is -0.135. The van der Waals surface area contributed by atoms with Gasteiger partial charge in [0.1, 0.15) is 11.8 Å². The van der Waals surface area contributed by atoms with E-state index in [0.717, 1.165) is 72.9 Å². The number of imidazole rings is 1. The highest BCUT2D eigenvalue weighted by Crippen LogP contribution is 2.36. The molecule has 12 nitrogen and oxygen atoms in total. The van der Waals surface area contributed by atoms with Crippen LogP contribution in [0.5, 0.6) is 5.75 Å². The summed E-state index contributed by atoms with van der Waals surface area (Å²) in [6, 6.07) is 10.1. The number of nitrogens with two attached hydrogens (primary N) is 1. The molecule has 2 aromatic carbocycles. The van der Waals surface area contributed by atoms with Crippen LogP contribution in [-0.4, -0.2) is 75.5 Å². The number of anilines is 2. The molecule has 1 unspecified atom stereocenters. The van der Waals surface area contributed by atoms with Crippen molar-refractivity contribution in [1.29, 1.82) is 0 Å². The lowest BCUT2D eigenvalue weighted by Gasteiger charge is -2.40. The topological polar surface area (TPSA) is 133 Å². The summed E-state index contributed by atoms with van der Waals surface area (Å²) in [6.07, 6.45) is 9.42. The van der Waals surface area contributed by atoms with Crippen LogP contribution in [-0.2, 0) is 16.6 Å². The van der Waals surface area contributed by atoms with Crippen LogP contribution in [0.25, 0.3) is 21.9 Å². The number of carbonyl (C=O) groups excluding carboxylic acids is 2. The quantitative estimate of drug-likeness (QED) is 0.235. The minimum absolute atomic E-state index is 0.230. The van der Waals surface area contributed by atoms with Gasteiger partial charge in [-0.3, -0.25) is 28.7 Å². The van der Waals surface area contributed by atoms with Crippen molar-refractivity contribution in [2.45, 2.75) is 69.5 Å². The predicted molar refractivity (Wildman–Crippen MR) is 178 cm³/mol. The zero-order valence-electron chi connectivity index (χ0n) is 26.9. The number of rotatable bonds is 7. The number of carbonyl (C=O) groups is 2. The molecule has 12 heteroatoms. The Morgan fingerprint density at radius 1 is 1.04 bits per heavy atom. The molecule has 1 saturated carbocycles. The third kappa shape index (κ3) is 5.42. The number of amides is 2. The smallest absolute Gasteiger partial charge is 0.329 e. The molecule has 2 aromatic heterocycles. The molecule has 3 N–H and O–H groups in total. The number of aryl methyl sites for hydroxylation is 1. The first-order chi connectivity index (χ1) is 22.2. The first-order valence-electron chi connectivity index (χ1n) is 16.5. The van der Waals surface area contributed by atoms with Crippen LogP contribution >= 0.6 is 0 Å². The van der Waals surface area contributed by atoms with Gasteiger partial charge in [-0.1, -0.05) is 6.07 Å². The van der Waals surface area contributed by atoms with Crippen molar-refractivity contribution in [1.82, 2.24) is 29.1 Å². The van der Waals surface area contributed by atoms with E-state index in [9.17, 15) is 14.4 Å².